The summed E-state index contributed by atoms with van der Waals surface area (Å²) in [6.45, 7) is 10.0. The number of nitrogens with one attached hydrogen (secondary N) is 4. The van der Waals surface area contributed by atoms with E-state index in [2.05, 4.69) is 46.2 Å². The van der Waals surface area contributed by atoms with Crippen LogP contribution in [-0.4, -0.2) is 340 Å². The molecule has 0 spiro atoms. The van der Waals surface area contributed by atoms with Crippen LogP contribution in [0.1, 0.15) is 0 Å². The Hall–Kier alpha value is -0.660. The third kappa shape index (κ3) is 56.5. The summed E-state index contributed by atoms with van der Waals surface area (Å²) in [5, 5.41) is 49.3. The maximum absolute atomic E-state index is 11.4. The monoisotopic (exact) mass is 1310 g/mol. The molecule has 80 heavy (non-hydrogen) atoms. The van der Waals surface area contributed by atoms with Crippen LogP contribution in [0.2, 0.25) is 0 Å². The maximum atomic E-state index is 11.4. The Balaban J connectivity index is 0. The maximum Gasteiger partial charge on any atom is 0.339 e. The average molecular weight is 1310 g/mol. The molecule has 2 atom stereocenters. The number of carboxylic acids is 3. The Morgan fingerprint density at radius 3 is 0.700 bits per heavy atom. The molecule has 0 bridgehead atoms. The van der Waals surface area contributed by atoms with Crippen molar-refractivity contribution in [1.29, 1.82) is 2.86 Å². The number of hydrogen-bond acceptors (Lipinski definition) is 25. The molecular formula is C35H87N12O26P7. The predicted molar refractivity (Wildman–Crippen MR) is 294 cm³/mol. The van der Waals surface area contributed by atoms with Gasteiger partial charge in [0.05, 0.1) is 19.6 Å². The molecule has 3 aliphatic heterocycles. The van der Waals surface area contributed by atoms with Crippen LogP contribution in [0.3, 0.4) is 0 Å². The largest absolute Gasteiger partial charge is 0.480 e. The quantitative estimate of drug-likeness (QED) is 0.0325. The molecule has 0 aliphatic carbocycles. The zero-order valence-electron chi connectivity index (χ0n) is 46.2. The number of aliphatic carboxylic acids is 3. The zero-order valence-corrected chi connectivity index (χ0v) is 51.0. The van der Waals surface area contributed by atoms with Gasteiger partial charge in [-0.2, -0.15) is 4.67 Å². The fourth-order valence-corrected chi connectivity index (χ4v) is 11.5. The normalized spacial score (nSPS) is 20.2. The topological polar surface area (TPSA) is 542 Å². The molecule has 45 heteroatoms. The summed E-state index contributed by atoms with van der Waals surface area (Å²) < 4.78 is 74.8. The minimum Gasteiger partial charge on any atom is -0.480 e. The van der Waals surface area contributed by atoms with Gasteiger partial charge in [0.25, 0.3) is 2.86 Å². The van der Waals surface area contributed by atoms with Gasteiger partial charge < -0.3 is 85.5 Å². The first-order valence-corrected chi connectivity index (χ1v) is 34.2. The van der Waals surface area contributed by atoms with Crippen LogP contribution in [0.4, 0.5) is 0 Å². The fourth-order valence-electron chi connectivity index (χ4n) is 7.48. The molecule has 0 aromatic heterocycles. The van der Waals surface area contributed by atoms with Gasteiger partial charge in [-0.15, -0.1) is 0 Å². The standard InChI is InChI=1S/C14H26N4O6.C11H29N4O9P3.C10H26N4O6P2.H3O3P.H3O2P/c19-12(20)9-16-3-1-15-2-4-17(10-13(21)22)6-8-18(7-5-16)11-14(23)24;16-25(17,18)9-13-3-1-12-2-4-14(10-26(19,20)21)6-8-15(7-5-13)11-27(22,23)24;15-21(16,17)9-13-5-1-11-2-6-14(10-22(18,19)20)8-4-12-3-7-13;1-2-3-4;1-2-3/h15H,1-11H2,(H,19,20)(H,21,22)(H,23,24);12H,1-11H2,(H2,16,17,18)(H2,19,20,21)(H2,22,23,24);11-12H,1-10H2,(H2,15,16,17)(H2,18,19,20);1H,4H2;1H,3H2/i/hD2. The van der Waals surface area contributed by atoms with Crippen molar-refractivity contribution in [3.8, 4) is 0 Å². The second kappa shape index (κ2) is 45.6. The van der Waals surface area contributed by atoms with Crippen LogP contribution in [0.5, 0.6) is 0 Å². The average Bonchev–Trinajstić information content (AvgIpc) is 3.31. The summed E-state index contributed by atoms with van der Waals surface area (Å²) >= 11 is 0. The van der Waals surface area contributed by atoms with Gasteiger partial charge >= 0.3 is 55.9 Å². The molecule has 3 heterocycles. The van der Waals surface area contributed by atoms with E-state index in [4.69, 9.17) is 37.8 Å². The second-order valence-corrected chi connectivity index (χ2v) is 26.3. The molecule has 0 aromatic carbocycles. The first-order chi connectivity index (χ1) is 38.1. The van der Waals surface area contributed by atoms with E-state index in [1.54, 1.807) is 43.4 Å². The number of nitrogens with zero attached hydrogens (tertiary/aromatic N) is 8. The van der Waals surface area contributed by atoms with E-state index in [9.17, 15) is 66.6 Å². The van der Waals surface area contributed by atoms with Crippen molar-refractivity contribution in [2.24, 2.45) is 0 Å². The van der Waals surface area contributed by atoms with Crippen molar-refractivity contribution < 1.29 is 126 Å². The summed E-state index contributed by atoms with van der Waals surface area (Å²) in [6.07, 6.45) is -1.98. The van der Waals surface area contributed by atoms with E-state index in [1.807, 2.05) is 0 Å². The molecule has 0 aromatic rings. The highest BCUT2D eigenvalue weighted by Crippen LogP contribution is 2.38. The minimum atomic E-state index is -4.36. The summed E-state index contributed by atoms with van der Waals surface area (Å²) in [6, 6.07) is 0. The lowest BCUT2D eigenvalue weighted by Gasteiger charge is -2.31. The van der Waals surface area contributed by atoms with Crippen molar-refractivity contribution in [3.63, 3.8) is 0 Å². The van der Waals surface area contributed by atoms with Crippen molar-refractivity contribution in [3.05, 3.63) is 0 Å². The van der Waals surface area contributed by atoms with E-state index < -0.39 is 74.7 Å². The Kier molecular flexibility index (Phi) is 44.1. The third-order valence-electron chi connectivity index (χ3n) is 10.8. The Morgan fingerprint density at radius 2 is 0.537 bits per heavy atom. The van der Waals surface area contributed by atoms with E-state index in [0.717, 1.165) is 0 Å². The highest BCUT2D eigenvalue weighted by Gasteiger charge is 2.27. The van der Waals surface area contributed by atoms with E-state index >= 15 is 0 Å². The Bertz CT molecular complexity index is 1840. The molecule has 3 fully saturated rings. The Labute approximate surface area is 471 Å². The lowest BCUT2D eigenvalue weighted by Crippen LogP contribution is -2.47. The van der Waals surface area contributed by atoms with Crippen molar-refractivity contribution in [1.82, 2.24) is 60.5 Å². The summed E-state index contributed by atoms with van der Waals surface area (Å²) in [7, 11) is -17.6. The van der Waals surface area contributed by atoms with Crippen LogP contribution >= 0.6 is 56.9 Å². The second-order valence-electron chi connectivity index (χ2n) is 17.9. The number of hydrogen-bond donors (Lipinski definition) is 19. The van der Waals surface area contributed by atoms with Gasteiger partial charge in [0.1, 0.15) is 31.4 Å². The molecule has 2 unspecified atom stereocenters. The van der Waals surface area contributed by atoms with Crippen molar-refractivity contribution >= 4 is 74.8 Å². The Morgan fingerprint density at radius 1 is 0.362 bits per heavy atom. The van der Waals surface area contributed by atoms with Crippen LogP contribution in [0.15, 0.2) is 0 Å². The van der Waals surface area contributed by atoms with Gasteiger partial charge in [-0.05, 0) is 0 Å². The summed E-state index contributed by atoms with van der Waals surface area (Å²) in [5.74, 6) is -2.79. The van der Waals surface area contributed by atoms with Crippen LogP contribution in [0.25, 0.3) is 2.86 Å². The van der Waals surface area contributed by atoms with Gasteiger partial charge in [-0.25, -0.2) is 15.2 Å². The molecule has 0 radical (unpaired) electrons. The smallest absolute Gasteiger partial charge is 0.339 e. The molecule has 0 amide bonds. The van der Waals surface area contributed by atoms with Crippen LogP contribution in [0, 0.1) is 0 Å². The molecule has 0 saturated carbocycles. The van der Waals surface area contributed by atoms with Gasteiger partial charge in [-0.3, -0.25) is 76.4 Å². The van der Waals surface area contributed by atoms with Crippen LogP contribution < -0.4 is 21.3 Å². The lowest BCUT2D eigenvalue weighted by molar-refractivity contribution is -0.433. The first kappa shape index (κ1) is 77.4. The molecule has 3 aliphatic rings. The van der Waals surface area contributed by atoms with Gasteiger partial charge in [0.15, 0.2) is 0 Å². The summed E-state index contributed by atoms with van der Waals surface area (Å²) in [5.41, 5.74) is 0. The molecule has 3 rings (SSSR count). The molecular weight excluding hydrogens is 1220 g/mol. The zero-order chi connectivity index (χ0) is 62.8. The van der Waals surface area contributed by atoms with E-state index in [0.29, 0.717) is 131 Å². The van der Waals surface area contributed by atoms with Gasteiger partial charge in [0.2, 0.25) is 0 Å². The van der Waals surface area contributed by atoms with Crippen LogP contribution in [-0.2, 0) is 51.6 Å². The lowest BCUT2D eigenvalue weighted by atomic mass is 10.3. The van der Waals surface area contributed by atoms with Crippen molar-refractivity contribution in [2.45, 2.75) is 0 Å². The fraction of sp³-hybridized carbons (Fsp3) is 0.914. The van der Waals surface area contributed by atoms with E-state index in [-0.39, 0.29) is 58.4 Å². The first-order valence-electron chi connectivity index (χ1n) is 25.0. The van der Waals surface area contributed by atoms with Crippen molar-refractivity contribution in [2.75, 3.05) is 208 Å². The molecule has 3 saturated heterocycles. The number of carbonyl (C=O) groups is 3. The molecule has 478 valence electrons. The third-order valence-corrected chi connectivity index (χ3v) is 14.7. The van der Waals surface area contributed by atoms with Gasteiger partial charge in [0, 0.05) is 176 Å². The molecule has 19 N–H and O–H groups in total. The van der Waals surface area contributed by atoms with Gasteiger partial charge in [-0.1, -0.05) is 5.04 Å². The SMILES string of the molecule is O=C(O)CN1CCNCCN(CC(=O)O)CCN(CC(=O)O)CC1.O=P(O)(O)CN1CCNCCN(CP(=O)(O)O)CCN(CP(=O)(O)O)CC1.O=P(O)(O)CN1CCNCCN(CP(=O)(O)O)CCNCC1.[2H]OOOP.[2H]OOP. The number of rotatable bonds is 19. The minimum absolute atomic E-state index is 0.0896. The highest BCUT2D eigenvalue weighted by molar-refractivity contribution is 7.52. The van der Waals surface area contributed by atoms with E-state index in [1.165, 1.54) is 14.7 Å². The number of carboxylic acid groups (broad SMARTS) is 3. The summed E-state index contributed by atoms with van der Waals surface area (Å²) in [4.78, 5) is 137. The molecule has 38 nitrogen and oxygen atoms in total. The predicted octanol–water partition coefficient (Wildman–Crippen LogP) is -5.83. The highest BCUT2D eigenvalue weighted by atomic mass is 31.2.